The van der Waals surface area contributed by atoms with Gasteiger partial charge in [0, 0.05) is 24.7 Å². The summed E-state index contributed by atoms with van der Waals surface area (Å²) in [6.07, 6.45) is 5.18. The summed E-state index contributed by atoms with van der Waals surface area (Å²) >= 11 is 13.2. The van der Waals surface area contributed by atoms with E-state index in [1.165, 1.54) is 25.7 Å². The van der Waals surface area contributed by atoms with E-state index in [4.69, 9.17) is 27.9 Å². The SMILES string of the molecule is CCOc1cc(Cl)c(-c2c(C)nn3c(NCCNC4CCCC4)nc(C)nc23)c(Cl)c1. The fourth-order valence-electron chi connectivity index (χ4n) is 4.17. The second-order valence-corrected chi connectivity index (χ2v) is 8.66. The Morgan fingerprint density at radius 2 is 1.77 bits per heavy atom. The van der Waals surface area contributed by atoms with Crippen molar-refractivity contribution >= 4 is 34.8 Å². The first kappa shape index (κ1) is 22.1. The Hall–Kier alpha value is -2.09. The average Bonchev–Trinajstić information content (AvgIpc) is 3.33. The Morgan fingerprint density at radius 3 is 2.45 bits per heavy atom. The summed E-state index contributed by atoms with van der Waals surface area (Å²) in [5.41, 5.74) is 2.95. The number of anilines is 1. The summed E-state index contributed by atoms with van der Waals surface area (Å²) in [6, 6.07) is 4.19. The number of rotatable bonds is 8. The molecule has 1 aliphatic carbocycles. The maximum atomic E-state index is 6.61. The molecule has 0 saturated heterocycles. The van der Waals surface area contributed by atoms with Crippen LogP contribution in [0.3, 0.4) is 0 Å². The molecule has 0 bridgehead atoms. The van der Waals surface area contributed by atoms with E-state index in [0.29, 0.717) is 51.4 Å². The molecule has 2 aromatic heterocycles. The van der Waals surface area contributed by atoms with Gasteiger partial charge in [0.05, 0.1) is 27.9 Å². The normalized spacial score (nSPS) is 14.5. The fraction of sp³-hybridized carbons (Fsp3) is 0.500. The van der Waals surface area contributed by atoms with Gasteiger partial charge in [-0.05, 0) is 45.7 Å². The van der Waals surface area contributed by atoms with Crippen LogP contribution in [0.5, 0.6) is 5.75 Å². The molecule has 4 rings (SSSR count). The highest BCUT2D eigenvalue weighted by molar-refractivity contribution is 6.39. The predicted octanol–water partition coefficient (Wildman–Crippen LogP) is 5.06. The van der Waals surface area contributed by atoms with E-state index in [1.54, 1.807) is 16.6 Å². The van der Waals surface area contributed by atoms with Crippen LogP contribution in [0.15, 0.2) is 12.1 Å². The van der Waals surface area contributed by atoms with Gasteiger partial charge in [0.15, 0.2) is 5.65 Å². The Kier molecular flexibility index (Phi) is 6.84. The number of nitrogens with one attached hydrogen (secondary N) is 2. The van der Waals surface area contributed by atoms with Gasteiger partial charge in [0.2, 0.25) is 5.95 Å². The van der Waals surface area contributed by atoms with E-state index in [9.17, 15) is 0 Å². The molecule has 0 atom stereocenters. The number of aromatic nitrogens is 4. The maximum absolute atomic E-state index is 6.61. The van der Waals surface area contributed by atoms with Crippen molar-refractivity contribution in [3.05, 3.63) is 33.7 Å². The van der Waals surface area contributed by atoms with Gasteiger partial charge in [0.25, 0.3) is 0 Å². The molecule has 1 fully saturated rings. The van der Waals surface area contributed by atoms with Crippen molar-refractivity contribution in [3.63, 3.8) is 0 Å². The van der Waals surface area contributed by atoms with Gasteiger partial charge in [-0.2, -0.15) is 14.6 Å². The quantitative estimate of drug-likeness (QED) is 0.455. The third-order valence-electron chi connectivity index (χ3n) is 5.54. The Bertz CT molecular complexity index is 1050. The molecule has 1 aliphatic rings. The minimum absolute atomic E-state index is 0.500. The van der Waals surface area contributed by atoms with Gasteiger partial charge < -0.3 is 15.4 Å². The zero-order valence-electron chi connectivity index (χ0n) is 18.1. The third-order valence-corrected chi connectivity index (χ3v) is 6.14. The fourth-order valence-corrected chi connectivity index (χ4v) is 4.83. The van der Waals surface area contributed by atoms with E-state index < -0.39 is 0 Å². The molecule has 9 heteroatoms. The molecule has 31 heavy (non-hydrogen) atoms. The molecule has 2 N–H and O–H groups in total. The Balaban J connectivity index is 1.64. The van der Waals surface area contributed by atoms with Crippen molar-refractivity contribution in [2.45, 2.75) is 52.5 Å². The molecule has 0 amide bonds. The molecule has 0 aliphatic heterocycles. The zero-order valence-corrected chi connectivity index (χ0v) is 19.6. The van der Waals surface area contributed by atoms with Gasteiger partial charge in [-0.1, -0.05) is 36.0 Å². The van der Waals surface area contributed by atoms with Crippen molar-refractivity contribution < 1.29 is 4.74 Å². The maximum Gasteiger partial charge on any atom is 0.227 e. The van der Waals surface area contributed by atoms with Crippen molar-refractivity contribution in [2.24, 2.45) is 0 Å². The molecule has 7 nitrogen and oxygen atoms in total. The molecule has 2 heterocycles. The van der Waals surface area contributed by atoms with Gasteiger partial charge in [0.1, 0.15) is 11.6 Å². The lowest BCUT2D eigenvalue weighted by atomic mass is 10.1. The smallest absolute Gasteiger partial charge is 0.227 e. The van der Waals surface area contributed by atoms with Crippen LogP contribution in [0.1, 0.15) is 44.1 Å². The summed E-state index contributed by atoms with van der Waals surface area (Å²) in [5.74, 6) is 1.94. The van der Waals surface area contributed by atoms with Crippen LogP contribution in [0.25, 0.3) is 16.8 Å². The predicted molar refractivity (Wildman–Crippen MR) is 126 cm³/mol. The topological polar surface area (TPSA) is 76.4 Å². The van der Waals surface area contributed by atoms with Gasteiger partial charge in [-0.3, -0.25) is 0 Å². The highest BCUT2D eigenvalue weighted by Gasteiger charge is 2.22. The first-order valence-electron chi connectivity index (χ1n) is 10.8. The molecule has 1 saturated carbocycles. The van der Waals surface area contributed by atoms with Gasteiger partial charge >= 0.3 is 0 Å². The van der Waals surface area contributed by atoms with Crippen LogP contribution in [0.2, 0.25) is 10.0 Å². The molecule has 1 aromatic carbocycles. The van der Waals surface area contributed by atoms with Crippen LogP contribution < -0.4 is 15.4 Å². The average molecular weight is 463 g/mol. The van der Waals surface area contributed by atoms with Crippen LogP contribution in [0, 0.1) is 13.8 Å². The van der Waals surface area contributed by atoms with Crippen LogP contribution in [-0.2, 0) is 0 Å². The standard InChI is InChI=1S/C22H28Cl2N6O/c1-4-31-16-11-17(23)20(18(24)12-16)19-13(2)29-30-21(19)27-14(3)28-22(30)26-10-9-25-15-7-5-6-8-15/h11-12,15,25H,4-10H2,1-3H3,(H,26,27,28). The van der Waals surface area contributed by atoms with E-state index in [0.717, 1.165) is 24.3 Å². The zero-order chi connectivity index (χ0) is 22.0. The van der Waals surface area contributed by atoms with Gasteiger partial charge in [-0.15, -0.1) is 0 Å². The lowest BCUT2D eigenvalue weighted by Crippen LogP contribution is -2.31. The Morgan fingerprint density at radius 1 is 1.06 bits per heavy atom. The molecule has 166 valence electrons. The summed E-state index contributed by atoms with van der Waals surface area (Å²) in [4.78, 5) is 9.22. The number of hydrogen-bond acceptors (Lipinski definition) is 6. The third kappa shape index (κ3) is 4.73. The number of nitrogens with zero attached hydrogens (tertiary/aromatic N) is 4. The minimum Gasteiger partial charge on any atom is -0.494 e. The van der Waals surface area contributed by atoms with Crippen LogP contribution in [-0.4, -0.2) is 45.3 Å². The molecular weight excluding hydrogens is 435 g/mol. The second-order valence-electron chi connectivity index (χ2n) is 7.85. The van der Waals surface area contributed by atoms with Crippen molar-refractivity contribution in [3.8, 4) is 16.9 Å². The summed E-state index contributed by atoms with van der Waals surface area (Å²) < 4.78 is 7.29. The monoisotopic (exact) mass is 462 g/mol. The number of hydrogen-bond donors (Lipinski definition) is 2. The van der Waals surface area contributed by atoms with E-state index in [-0.39, 0.29) is 0 Å². The Labute approximate surface area is 192 Å². The lowest BCUT2D eigenvalue weighted by Gasteiger charge is -2.13. The molecule has 0 spiro atoms. The molecular formula is C22H28Cl2N6O. The number of aryl methyl sites for hydroxylation is 2. The van der Waals surface area contributed by atoms with Crippen molar-refractivity contribution in [2.75, 3.05) is 25.0 Å². The van der Waals surface area contributed by atoms with Crippen LogP contribution >= 0.6 is 23.2 Å². The number of ether oxygens (including phenoxy) is 1. The number of benzene rings is 1. The molecule has 0 radical (unpaired) electrons. The van der Waals surface area contributed by atoms with Gasteiger partial charge in [-0.25, -0.2) is 4.98 Å². The summed E-state index contributed by atoms with van der Waals surface area (Å²) in [6.45, 7) is 7.88. The first-order valence-corrected chi connectivity index (χ1v) is 11.6. The highest BCUT2D eigenvalue weighted by Crippen LogP contribution is 2.41. The van der Waals surface area contributed by atoms with Crippen molar-refractivity contribution in [1.29, 1.82) is 0 Å². The first-order chi connectivity index (χ1) is 15.0. The summed E-state index contributed by atoms with van der Waals surface area (Å²) in [5, 5.41) is 12.7. The number of fused-ring (bicyclic) bond motifs is 1. The lowest BCUT2D eigenvalue weighted by molar-refractivity contribution is 0.340. The van der Waals surface area contributed by atoms with E-state index in [1.807, 2.05) is 20.8 Å². The largest absolute Gasteiger partial charge is 0.494 e. The molecule has 3 aromatic rings. The molecule has 0 unspecified atom stereocenters. The van der Waals surface area contributed by atoms with E-state index in [2.05, 4.69) is 25.7 Å². The van der Waals surface area contributed by atoms with Crippen molar-refractivity contribution in [1.82, 2.24) is 24.9 Å². The highest BCUT2D eigenvalue weighted by atomic mass is 35.5. The number of halogens is 2. The second kappa shape index (κ2) is 9.59. The van der Waals surface area contributed by atoms with E-state index >= 15 is 0 Å². The van der Waals surface area contributed by atoms with Crippen LogP contribution in [0.4, 0.5) is 5.95 Å². The summed E-state index contributed by atoms with van der Waals surface area (Å²) in [7, 11) is 0. The minimum atomic E-state index is 0.500.